The van der Waals surface area contributed by atoms with Crippen LogP contribution in [-0.4, -0.2) is 29.8 Å². The zero-order chi connectivity index (χ0) is 19.7. The third-order valence-electron chi connectivity index (χ3n) is 6.22. The molecule has 1 fully saturated rings. The van der Waals surface area contributed by atoms with Crippen LogP contribution >= 0.6 is 11.3 Å². The molecule has 0 unspecified atom stereocenters. The van der Waals surface area contributed by atoms with Gasteiger partial charge < -0.3 is 16.0 Å². The molecule has 2 atom stereocenters. The van der Waals surface area contributed by atoms with E-state index >= 15 is 0 Å². The summed E-state index contributed by atoms with van der Waals surface area (Å²) in [5.74, 6) is 0.300. The zero-order valence-corrected chi connectivity index (χ0v) is 17.1. The predicted molar refractivity (Wildman–Crippen MR) is 112 cm³/mol. The van der Waals surface area contributed by atoms with E-state index in [0.29, 0.717) is 18.7 Å². The minimum absolute atomic E-state index is 0.0251. The number of benzene rings is 1. The summed E-state index contributed by atoms with van der Waals surface area (Å²) in [4.78, 5) is 29.2. The maximum absolute atomic E-state index is 13.1. The Bertz CT molecular complexity index is 892. The summed E-state index contributed by atoms with van der Waals surface area (Å²) in [6, 6.07) is 7.70. The number of nitrogens with zero attached hydrogens (tertiary/aromatic N) is 1. The lowest BCUT2D eigenvalue weighted by Crippen LogP contribution is -2.36. The topological polar surface area (TPSA) is 75.4 Å². The molecule has 4 rings (SSSR count). The molecule has 0 radical (unpaired) electrons. The fourth-order valence-corrected chi connectivity index (χ4v) is 5.37. The third-order valence-corrected chi connectivity index (χ3v) is 7.24. The van der Waals surface area contributed by atoms with Crippen LogP contribution in [0.1, 0.15) is 45.6 Å². The van der Waals surface area contributed by atoms with E-state index in [1.54, 1.807) is 11.3 Å². The summed E-state index contributed by atoms with van der Waals surface area (Å²) < 4.78 is 0. The Morgan fingerprint density at radius 1 is 1.29 bits per heavy atom. The van der Waals surface area contributed by atoms with Crippen molar-refractivity contribution in [1.29, 1.82) is 0 Å². The summed E-state index contributed by atoms with van der Waals surface area (Å²) in [5.41, 5.74) is 9.31. The van der Waals surface area contributed by atoms with Gasteiger partial charge in [0.1, 0.15) is 0 Å². The van der Waals surface area contributed by atoms with Crippen molar-refractivity contribution in [3.05, 3.63) is 51.2 Å². The van der Waals surface area contributed by atoms with Gasteiger partial charge in [0.25, 0.3) is 5.91 Å². The standard InChI is InChI=1S/C22H27N3O2S/c1-14-17(22(27)25-10-8-20-16(13-25)9-11-28-20)5-3-7-19(14)24-21(26)18-6-2-4-15(18)12-23/h3,5,7,9,11,15,18H,2,4,6,8,10,12-13,23H2,1H3,(H,24,26)/t15-,18-/m1/s1. The molecule has 6 heteroatoms. The minimum atomic E-state index is -0.0251. The highest BCUT2D eigenvalue weighted by Crippen LogP contribution is 2.33. The van der Waals surface area contributed by atoms with Crippen molar-refractivity contribution in [2.75, 3.05) is 18.4 Å². The van der Waals surface area contributed by atoms with Gasteiger partial charge in [-0.1, -0.05) is 12.5 Å². The van der Waals surface area contributed by atoms with Crippen LogP contribution in [0.25, 0.3) is 0 Å². The molecule has 148 valence electrons. The Balaban J connectivity index is 1.50. The summed E-state index contributed by atoms with van der Waals surface area (Å²) in [6.07, 6.45) is 3.88. The first-order chi connectivity index (χ1) is 13.6. The van der Waals surface area contributed by atoms with Gasteiger partial charge in [0, 0.05) is 35.1 Å². The first-order valence-corrected chi connectivity index (χ1v) is 10.9. The first-order valence-electron chi connectivity index (χ1n) is 10.0. The number of anilines is 1. The molecule has 5 nitrogen and oxygen atoms in total. The van der Waals surface area contributed by atoms with Gasteiger partial charge >= 0.3 is 0 Å². The lowest BCUT2D eigenvalue weighted by molar-refractivity contribution is -0.120. The molecule has 0 spiro atoms. The SMILES string of the molecule is Cc1c(NC(=O)[C@@H]2CCC[C@@H]2CN)cccc1C(=O)N1CCc2sccc2C1. The van der Waals surface area contributed by atoms with Crippen LogP contribution in [-0.2, 0) is 17.8 Å². The second-order valence-corrected chi connectivity index (χ2v) is 8.85. The number of nitrogens with one attached hydrogen (secondary N) is 1. The number of amides is 2. The molecule has 0 saturated heterocycles. The molecule has 1 aliphatic carbocycles. The van der Waals surface area contributed by atoms with Crippen LogP contribution < -0.4 is 11.1 Å². The minimum Gasteiger partial charge on any atom is -0.334 e. The van der Waals surface area contributed by atoms with Gasteiger partial charge in [0.15, 0.2) is 0 Å². The van der Waals surface area contributed by atoms with Crippen molar-refractivity contribution in [3.8, 4) is 0 Å². The molecular formula is C22H27N3O2S. The molecule has 1 aromatic heterocycles. The number of thiophene rings is 1. The van der Waals surface area contributed by atoms with Crippen molar-refractivity contribution < 1.29 is 9.59 Å². The Morgan fingerprint density at radius 2 is 2.14 bits per heavy atom. The van der Waals surface area contributed by atoms with E-state index in [1.165, 1.54) is 10.4 Å². The lowest BCUT2D eigenvalue weighted by atomic mass is 9.95. The smallest absolute Gasteiger partial charge is 0.254 e. The number of hydrogen-bond acceptors (Lipinski definition) is 4. The van der Waals surface area contributed by atoms with Gasteiger partial charge in [-0.15, -0.1) is 11.3 Å². The van der Waals surface area contributed by atoms with E-state index in [2.05, 4.69) is 16.8 Å². The second-order valence-electron chi connectivity index (χ2n) is 7.85. The average Bonchev–Trinajstić information content (AvgIpc) is 3.37. The highest BCUT2D eigenvalue weighted by Gasteiger charge is 2.32. The molecule has 2 aromatic rings. The number of fused-ring (bicyclic) bond motifs is 1. The summed E-state index contributed by atoms with van der Waals surface area (Å²) in [7, 11) is 0. The molecule has 1 aromatic carbocycles. The molecule has 3 N–H and O–H groups in total. The molecule has 2 aliphatic rings. The Kier molecular flexibility index (Phi) is 5.51. The van der Waals surface area contributed by atoms with Crippen LogP contribution in [0, 0.1) is 18.8 Å². The van der Waals surface area contributed by atoms with Crippen LogP contribution in [0.4, 0.5) is 5.69 Å². The Morgan fingerprint density at radius 3 is 2.96 bits per heavy atom. The van der Waals surface area contributed by atoms with Crippen molar-refractivity contribution in [1.82, 2.24) is 4.90 Å². The van der Waals surface area contributed by atoms with Crippen LogP contribution in [0.5, 0.6) is 0 Å². The zero-order valence-electron chi connectivity index (χ0n) is 16.2. The van der Waals surface area contributed by atoms with E-state index in [1.807, 2.05) is 30.0 Å². The van der Waals surface area contributed by atoms with Gasteiger partial charge in [-0.05, 0) is 73.4 Å². The highest BCUT2D eigenvalue weighted by atomic mass is 32.1. The largest absolute Gasteiger partial charge is 0.334 e. The van der Waals surface area contributed by atoms with E-state index in [-0.39, 0.29) is 23.7 Å². The maximum atomic E-state index is 13.1. The van der Waals surface area contributed by atoms with Gasteiger partial charge in [0.2, 0.25) is 5.91 Å². The van der Waals surface area contributed by atoms with Gasteiger partial charge in [-0.2, -0.15) is 0 Å². The van der Waals surface area contributed by atoms with E-state index in [4.69, 9.17) is 5.73 Å². The van der Waals surface area contributed by atoms with Gasteiger partial charge in [-0.3, -0.25) is 9.59 Å². The third kappa shape index (κ3) is 3.59. The molecule has 2 amide bonds. The fourth-order valence-electron chi connectivity index (χ4n) is 4.48. The number of rotatable bonds is 4. The first kappa shape index (κ1) is 19.2. The predicted octanol–water partition coefficient (Wildman–Crippen LogP) is 3.57. The maximum Gasteiger partial charge on any atom is 0.254 e. The van der Waals surface area contributed by atoms with Gasteiger partial charge in [0.05, 0.1) is 0 Å². The lowest BCUT2D eigenvalue weighted by Gasteiger charge is -2.28. The number of nitrogens with two attached hydrogens (primary N) is 1. The second kappa shape index (κ2) is 8.05. The Labute approximate surface area is 169 Å². The number of carbonyl (C=O) groups excluding carboxylic acids is 2. The quantitative estimate of drug-likeness (QED) is 0.828. The van der Waals surface area contributed by atoms with Gasteiger partial charge in [-0.25, -0.2) is 0 Å². The average molecular weight is 398 g/mol. The Hall–Kier alpha value is -2.18. The molecule has 1 saturated carbocycles. The fraction of sp³-hybridized carbons (Fsp3) is 0.455. The molecular weight excluding hydrogens is 370 g/mol. The van der Waals surface area contributed by atoms with Crippen molar-refractivity contribution in [2.24, 2.45) is 17.6 Å². The summed E-state index contributed by atoms with van der Waals surface area (Å²) in [5, 5.41) is 5.16. The van der Waals surface area contributed by atoms with E-state index in [9.17, 15) is 9.59 Å². The summed E-state index contributed by atoms with van der Waals surface area (Å²) in [6.45, 7) is 3.86. The van der Waals surface area contributed by atoms with Crippen LogP contribution in [0.3, 0.4) is 0 Å². The highest BCUT2D eigenvalue weighted by molar-refractivity contribution is 7.10. The van der Waals surface area contributed by atoms with Crippen molar-refractivity contribution >= 4 is 28.8 Å². The van der Waals surface area contributed by atoms with Crippen LogP contribution in [0.15, 0.2) is 29.6 Å². The van der Waals surface area contributed by atoms with E-state index < -0.39 is 0 Å². The normalized spacial score (nSPS) is 21.4. The van der Waals surface area contributed by atoms with Crippen LogP contribution in [0.2, 0.25) is 0 Å². The molecule has 28 heavy (non-hydrogen) atoms. The monoisotopic (exact) mass is 397 g/mol. The van der Waals surface area contributed by atoms with Crippen molar-refractivity contribution in [2.45, 2.75) is 39.2 Å². The van der Waals surface area contributed by atoms with E-state index in [0.717, 1.165) is 43.5 Å². The molecule has 0 bridgehead atoms. The summed E-state index contributed by atoms with van der Waals surface area (Å²) >= 11 is 1.77. The molecule has 2 heterocycles. The molecule has 1 aliphatic heterocycles. The van der Waals surface area contributed by atoms with Crippen molar-refractivity contribution in [3.63, 3.8) is 0 Å². The number of carbonyl (C=O) groups is 2. The number of hydrogen-bond donors (Lipinski definition) is 2.